The molecule has 1 aliphatic carbocycles. The first-order valence-corrected chi connectivity index (χ1v) is 13.1. The molecule has 3 unspecified atom stereocenters. The molecule has 6 heteroatoms. The van der Waals surface area contributed by atoms with Gasteiger partial charge in [0.25, 0.3) is 5.91 Å². The zero-order valence-electron chi connectivity index (χ0n) is 22.2. The van der Waals surface area contributed by atoms with Crippen molar-refractivity contribution >= 4 is 22.6 Å². The highest BCUT2D eigenvalue weighted by Crippen LogP contribution is 2.54. The standard InChI is InChI=1S/C31H36N2O4/c1-22(34)37-31-15-14-27(33(3)29(35)25-13-12-23-8-5-6-9-24(23)18-25)20-30(31,16-17-32(2)21-31)26-10-7-11-28(19-26)36-4/h5-13,18-19,27H,14-17,20-21H2,1-4H3. The minimum absolute atomic E-state index is 0.0114. The number of esters is 1. The van der Waals surface area contributed by atoms with E-state index >= 15 is 0 Å². The molecule has 3 atom stereocenters. The molecule has 1 aliphatic heterocycles. The summed E-state index contributed by atoms with van der Waals surface area (Å²) in [5.74, 6) is 0.538. The Morgan fingerprint density at radius 2 is 1.78 bits per heavy atom. The third-order valence-corrected chi connectivity index (χ3v) is 8.61. The number of nitrogens with zero attached hydrogens (tertiary/aromatic N) is 2. The predicted octanol–water partition coefficient (Wildman–Crippen LogP) is 5.05. The molecule has 0 N–H and O–H groups in total. The van der Waals surface area contributed by atoms with Gasteiger partial charge in [0.2, 0.25) is 0 Å². The van der Waals surface area contributed by atoms with E-state index < -0.39 is 11.0 Å². The van der Waals surface area contributed by atoms with Crippen molar-refractivity contribution in [2.45, 2.75) is 49.7 Å². The zero-order valence-corrected chi connectivity index (χ0v) is 22.2. The number of likely N-dealkylation sites (tertiary alicyclic amines) is 1. The maximum atomic E-state index is 13.7. The molecule has 194 valence electrons. The molecule has 6 nitrogen and oxygen atoms in total. The highest BCUT2D eigenvalue weighted by Gasteiger charge is 2.61. The number of carbonyl (C=O) groups is 2. The lowest BCUT2D eigenvalue weighted by Gasteiger charge is -2.59. The Labute approximate surface area is 219 Å². The lowest BCUT2D eigenvalue weighted by molar-refractivity contribution is -0.187. The second kappa shape index (κ2) is 9.82. The van der Waals surface area contributed by atoms with Crippen LogP contribution in [-0.4, -0.2) is 67.6 Å². The van der Waals surface area contributed by atoms with E-state index in [0.29, 0.717) is 18.5 Å². The molecular weight excluding hydrogens is 464 g/mol. The van der Waals surface area contributed by atoms with Crippen LogP contribution in [0.25, 0.3) is 10.8 Å². The van der Waals surface area contributed by atoms with Crippen LogP contribution in [0.15, 0.2) is 66.7 Å². The van der Waals surface area contributed by atoms with Crippen molar-refractivity contribution in [3.63, 3.8) is 0 Å². The van der Waals surface area contributed by atoms with E-state index in [4.69, 9.17) is 9.47 Å². The lowest BCUT2D eigenvalue weighted by atomic mass is 9.55. The number of piperidine rings is 1. The number of amides is 1. The number of likely N-dealkylation sites (N-methyl/N-ethyl adjacent to an activating group) is 1. The number of hydrogen-bond donors (Lipinski definition) is 0. The van der Waals surface area contributed by atoms with E-state index in [1.165, 1.54) is 6.92 Å². The van der Waals surface area contributed by atoms with E-state index in [1.807, 2.05) is 60.5 Å². The molecule has 1 saturated heterocycles. The Morgan fingerprint density at radius 3 is 2.54 bits per heavy atom. The highest BCUT2D eigenvalue weighted by atomic mass is 16.6. The number of hydrogen-bond acceptors (Lipinski definition) is 5. The number of rotatable bonds is 5. The molecule has 1 heterocycles. The first-order valence-electron chi connectivity index (χ1n) is 13.1. The van der Waals surface area contributed by atoms with Crippen molar-refractivity contribution in [1.82, 2.24) is 9.80 Å². The summed E-state index contributed by atoms with van der Waals surface area (Å²) in [6.45, 7) is 3.05. The fourth-order valence-electron chi connectivity index (χ4n) is 6.71. The van der Waals surface area contributed by atoms with Crippen LogP contribution >= 0.6 is 0 Å². The van der Waals surface area contributed by atoms with Gasteiger partial charge in [-0.2, -0.15) is 0 Å². The normalized spacial score (nSPS) is 25.8. The fraction of sp³-hybridized carbons (Fsp3) is 0.419. The quantitative estimate of drug-likeness (QED) is 0.459. The van der Waals surface area contributed by atoms with Crippen LogP contribution in [0.4, 0.5) is 0 Å². The largest absolute Gasteiger partial charge is 0.497 e. The zero-order chi connectivity index (χ0) is 26.2. The Morgan fingerprint density at radius 1 is 1.00 bits per heavy atom. The minimum Gasteiger partial charge on any atom is -0.497 e. The van der Waals surface area contributed by atoms with E-state index in [0.717, 1.165) is 47.9 Å². The lowest BCUT2D eigenvalue weighted by Crippen LogP contribution is -2.68. The fourth-order valence-corrected chi connectivity index (χ4v) is 6.71. The van der Waals surface area contributed by atoms with Gasteiger partial charge in [0, 0.05) is 37.5 Å². The van der Waals surface area contributed by atoms with Gasteiger partial charge in [-0.1, -0.05) is 42.5 Å². The number of ether oxygens (including phenoxy) is 2. The van der Waals surface area contributed by atoms with Crippen molar-refractivity contribution in [3.8, 4) is 5.75 Å². The van der Waals surface area contributed by atoms with Crippen molar-refractivity contribution < 1.29 is 19.1 Å². The predicted molar refractivity (Wildman–Crippen MR) is 145 cm³/mol. The molecule has 2 aliphatic rings. The minimum atomic E-state index is -0.665. The first kappa shape index (κ1) is 25.3. The van der Waals surface area contributed by atoms with E-state index in [1.54, 1.807) is 7.11 Å². The van der Waals surface area contributed by atoms with Crippen molar-refractivity contribution in [1.29, 1.82) is 0 Å². The Hall–Kier alpha value is -3.38. The molecule has 2 fully saturated rings. The molecular formula is C31H36N2O4. The molecule has 5 rings (SSSR count). The topological polar surface area (TPSA) is 59.1 Å². The van der Waals surface area contributed by atoms with Crippen LogP contribution in [0, 0.1) is 0 Å². The van der Waals surface area contributed by atoms with Gasteiger partial charge in [0.1, 0.15) is 11.4 Å². The van der Waals surface area contributed by atoms with Gasteiger partial charge in [-0.3, -0.25) is 9.59 Å². The van der Waals surface area contributed by atoms with Crippen LogP contribution in [0.5, 0.6) is 5.75 Å². The average molecular weight is 501 g/mol. The molecule has 3 aromatic rings. The highest BCUT2D eigenvalue weighted by molar-refractivity contribution is 5.98. The van der Waals surface area contributed by atoms with E-state index in [9.17, 15) is 9.59 Å². The summed E-state index contributed by atoms with van der Waals surface area (Å²) in [6.07, 6.45) is 3.01. The number of benzene rings is 3. The SMILES string of the molecule is COc1cccc(C23CCN(C)CC2(OC(C)=O)CCC(N(C)C(=O)c2ccc4ccccc4c2)C3)c1. The van der Waals surface area contributed by atoms with Gasteiger partial charge >= 0.3 is 5.97 Å². The van der Waals surface area contributed by atoms with Gasteiger partial charge in [0.15, 0.2) is 0 Å². The van der Waals surface area contributed by atoms with Crippen LogP contribution in [0.2, 0.25) is 0 Å². The summed E-state index contributed by atoms with van der Waals surface area (Å²) >= 11 is 0. The molecule has 3 aromatic carbocycles. The van der Waals surface area contributed by atoms with Gasteiger partial charge < -0.3 is 19.3 Å². The first-order chi connectivity index (χ1) is 17.8. The molecule has 1 saturated carbocycles. The van der Waals surface area contributed by atoms with Gasteiger partial charge in [-0.25, -0.2) is 0 Å². The summed E-state index contributed by atoms with van der Waals surface area (Å²) in [7, 11) is 5.67. The van der Waals surface area contributed by atoms with Crippen LogP contribution in [-0.2, 0) is 14.9 Å². The summed E-state index contributed by atoms with van der Waals surface area (Å²) in [5, 5.41) is 2.18. The summed E-state index contributed by atoms with van der Waals surface area (Å²) in [5.41, 5.74) is 0.705. The maximum Gasteiger partial charge on any atom is 0.303 e. The van der Waals surface area contributed by atoms with Crippen molar-refractivity contribution in [3.05, 3.63) is 77.9 Å². The van der Waals surface area contributed by atoms with E-state index in [-0.39, 0.29) is 17.9 Å². The molecule has 1 amide bonds. The van der Waals surface area contributed by atoms with Gasteiger partial charge in [-0.15, -0.1) is 0 Å². The van der Waals surface area contributed by atoms with Crippen LogP contribution in [0.1, 0.15) is 48.5 Å². The van der Waals surface area contributed by atoms with Crippen LogP contribution < -0.4 is 4.74 Å². The summed E-state index contributed by atoms with van der Waals surface area (Å²) in [4.78, 5) is 30.3. The monoisotopic (exact) mass is 500 g/mol. The second-order valence-corrected chi connectivity index (χ2v) is 10.8. The van der Waals surface area contributed by atoms with E-state index in [2.05, 4.69) is 30.1 Å². The van der Waals surface area contributed by atoms with Crippen molar-refractivity contribution in [2.24, 2.45) is 0 Å². The number of carbonyl (C=O) groups excluding carboxylic acids is 2. The van der Waals surface area contributed by atoms with Gasteiger partial charge in [-0.05, 0) is 79.9 Å². The van der Waals surface area contributed by atoms with Crippen molar-refractivity contribution in [2.75, 3.05) is 34.3 Å². The summed E-state index contributed by atoms with van der Waals surface area (Å²) < 4.78 is 11.9. The Balaban J connectivity index is 1.53. The third kappa shape index (κ3) is 4.48. The molecule has 37 heavy (non-hydrogen) atoms. The van der Waals surface area contributed by atoms with Gasteiger partial charge in [0.05, 0.1) is 7.11 Å². The molecule has 0 radical (unpaired) electrons. The average Bonchev–Trinajstić information content (AvgIpc) is 2.91. The Kier molecular flexibility index (Phi) is 6.71. The molecule has 0 aromatic heterocycles. The molecule has 0 spiro atoms. The Bertz CT molecular complexity index is 1320. The molecule has 0 bridgehead atoms. The smallest absolute Gasteiger partial charge is 0.303 e. The maximum absolute atomic E-state index is 13.7. The number of methoxy groups -OCH3 is 1. The van der Waals surface area contributed by atoms with Crippen LogP contribution in [0.3, 0.4) is 0 Å². The third-order valence-electron chi connectivity index (χ3n) is 8.61. The second-order valence-electron chi connectivity index (χ2n) is 10.8. The summed E-state index contributed by atoms with van der Waals surface area (Å²) in [6, 6.07) is 22.2. The number of fused-ring (bicyclic) bond motifs is 2.